The maximum atomic E-state index is 11.4. The van der Waals surface area contributed by atoms with Crippen LogP contribution in [0.1, 0.15) is 22.8 Å². The van der Waals surface area contributed by atoms with Gasteiger partial charge >= 0.3 is 10.6 Å². The topological polar surface area (TPSA) is 84.7 Å². The SMILES string of the molecule is O=S(=O)=O.[C-]#[N+]c1scc(C(=O)NCC)c1C. The van der Waals surface area contributed by atoms with E-state index < -0.39 is 10.6 Å². The van der Waals surface area contributed by atoms with E-state index in [9.17, 15) is 4.79 Å². The van der Waals surface area contributed by atoms with Gasteiger partial charge in [-0.3, -0.25) is 4.79 Å². The summed E-state index contributed by atoms with van der Waals surface area (Å²) in [5, 5.41) is 5.03. The summed E-state index contributed by atoms with van der Waals surface area (Å²) in [5.41, 5.74) is 1.41. The van der Waals surface area contributed by atoms with Crippen LogP contribution in [0.3, 0.4) is 0 Å². The van der Waals surface area contributed by atoms with Gasteiger partial charge in [0.1, 0.15) is 0 Å². The van der Waals surface area contributed by atoms with Crippen LogP contribution >= 0.6 is 11.3 Å². The van der Waals surface area contributed by atoms with Crippen LogP contribution in [-0.2, 0) is 10.6 Å². The smallest absolute Gasteiger partial charge is 0.352 e. The van der Waals surface area contributed by atoms with Crippen LogP contribution in [0.15, 0.2) is 5.38 Å². The summed E-state index contributed by atoms with van der Waals surface area (Å²) in [7, 11) is -3.11. The molecule has 0 atom stereocenters. The molecule has 8 heteroatoms. The first-order chi connectivity index (χ1) is 7.93. The fourth-order valence-electron chi connectivity index (χ4n) is 0.997. The lowest BCUT2D eigenvalue weighted by Crippen LogP contribution is -2.22. The van der Waals surface area contributed by atoms with Crippen molar-refractivity contribution in [3.63, 3.8) is 0 Å². The fraction of sp³-hybridized carbons (Fsp3) is 0.333. The van der Waals surface area contributed by atoms with Gasteiger partial charge in [-0.05, 0) is 24.8 Å². The van der Waals surface area contributed by atoms with E-state index in [2.05, 4.69) is 10.2 Å². The molecule has 92 valence electrons. The van der Waals surface area contributed by atoms with Gasteiger partial charge in [0, 0.05) is 12.1 Å². The molecule has 17 heavy (non-hydrogen) atoms. The molecule has 0 saturated carbocycles. The minimum absolute atomic E-state index is 0.0915. The van der Waals surface area contributed by atoms with Gasteiger partial charge in [-0.15, -0.1) is 12.6 Å². The van der Waals surface area contributed by atoms with E-state index in [1.807, 2.05) is 6.92 Å². The molecule has 1 heterocycles. The molecule has 1 rings (SSSR count). The summed E-state index contributed by atoms with van der Waals surface area (Å²) < 4.78 is 25.3. The van der Waals surface area contributed by atoms with Crippen molar-refractivity contribution in [3.05, 3.63) is 27.9 Å². The molecule has 0 radical (unpaired) electrons. The zero-order chi connectivity index (χ0) is 13.4. The second-order valence-electron chi connectivity index (χ2n) is 2.75. The van der Waals surface area contributed by atoms with Gasteiger partial charge in [0.05, 0.1) is 6.57 Å². The number of hydrogen-bond acceptors (Lipinski definition) is 5. The summed E-state index contributed by atoms with van der Waals surface area (Å²) in [6.45, 7) is 11.1. The number of nitrogens with zero attached hydrogens (tertiary/aromatic N) is 1. The highest BCUT2D eigenvalue weighted by Crippen LogP contribution is 2.29. The van der Waals surface area contributed by atoms with Gasteiger partial charge in [-0.1, -0.05) is 0 Å². The molecule has 0 aliphatic rings. The van der Waals surface area contributed by atoms with Crippen LogP contribution in [0.25, 0.3) is 4.85 Å². The molecule has 1 amide bonds. The Morgan fingerprint density at radius 2 is 2.06 bits per heavy atom. The Labute approximate surface area is 104 Å². The minimum Gasteiger partial charge on any atom is -0.352 e. The number of rotatable bonds is 2. The van der Waals surface area contributed by atoms with Gasteiger partial charge in [-0.2, -0.15) is 11.3 Å². The Morgan fingerprint density at radius 1 is 1.53 bits per heavy atom. The number of thiophene rings is 1. The second kappa shape index (κ2) is 7.54. The maximum absolute atomic E-state index is 11.4. The van der Waals surface area contributed by atoms with Gasteiger partial charge in [0.2, 0.25) is 5.00 Å². The Balaban J connectivity index is 0.000000557. The van der Waals surface area contributed by atoms with Crippen molar-refractivity contribution in [3.8, 4) is 0 Å². The zero-order valence-electron chi connectivity index (χ0n) is 9.18. The molecule has 0 aromatic carbocycles. The number of carbonyl (C=O) groups excluding carboxylic acids is 1. The molecule has 6 nitrogen and oxygen atoms in total. The van der Waals surface area contributed by atoms with Crippen molar-refractivity contribution >= 4 is 32.9 Å². The summed E-state index contributed by atoms with van der Waals surface area (Å²) in [6, 6.07) is 0. The predicted octanol–water partition coefficient (Wildman–Crippen LogP) is 1.35. The summed E-state index contributed by atoms with van der Waals surface area (Å²) in [5.74, 6) is -0.0915. The molecule has 0 aliphatic carbocycles. The summed E-state index contributed by atoms with van der Waals surface area (Å²) in [4.78, 5) is 14.7. The van der Waals surface area contributed by atoms with Crippen molar-refractivity contribution in [2.24, 2.45) is 0 Å². The van der Waals surface area contributed by atoms with Crippen molar-refractivity contribution in [2.75, 3.05) is 6.54 Å². The molecular weight excluding hydrogens is 264 g/mol. The van der Waals surface area contributed by atoms with Crippen molar-refractivity contribution < 1.29 is 17.4 Å². The molecule has 0 saturated heterocycles. The molecule has 0 unspecified atom stereocenters. The fourth-order valence-corrected chi connectivity index (χ4v) is 1.85. The number of nitrogens with one attached hydrogen (secondary N) is 1. The predicted molar refractivity (Wildman–Crippen MR) is 63.0 cm³/mol. The molecule has 0 fully saturated rings. The average Bonchev–Trinajstić information content (AvgIpc) is 2.59. The Morgan fingerprint density at radius 3 is 2.41 bits per heavy atom. The van der Waals surface area contributed by atoms with E-state index in [1.54, 1.807) is 12.3 Å². The van der Waals surface area contributed by atoms with E-state index in [0.717, 1.165) is 5.56 Å². The monoisotopic (exact) mass is 274 g/mol. The molecule has 1 aromatic heterocycles. The van der Waals surface area contributed by atoms with Crippen LogP contribution in [-0.4, -0.2) is 25.1 Å². The van der Waals surface area contributed by atoms with Gasteiger partial charge in [0.15, 0.2) is 0 Å². The second-order valence-corrected chi connectivity index (χ2v) is 4.02. The zero-order valence-corrected chi connectivity index (χ0v) is 10.8. The molecule has 0 bridgehead atoms. The van der Waals surface area contributed by atoms with Gasteiger partial charge < -0.3 is 5.32 Å². The largest absolute Gasteiger partial charge is 0.425 e. The number of hydrogen-bond donors (Lipinski definition) is 1. The third kappa shape index (κ3) is 5.24. The van der Waals surface area contributed by atoms with Gasteiger partial charge in [-0.25, -0.2) is 4.85 Å². The van der Waals surface area contributed by atoms with Crippen molar-refractivity contribution in [1.82, 2.24) is 5.32 Å². The minimum atomic E-state index is -3.11. The third-order valence-corrected chi connectivity index (χ3v) is 2.67. The maximum Gasteiger partial charge on any atom is 0.425 e. The molecule has 0 aliphatic heterocycles. The van der Waals surface area contributed by atoms with E-state index in [0.29, 0.717) is 17.1 Å². The van der Waals surface area contributed by atoms with E-state index in [-0.39, 0.29) is 5.91 Å². The Hall–Kier alpha value is -1.72. The molecule has 0 spiro atoms. The van der Waals surface area contributed by atoms with Crippen molar-refractivity contribution in [1.29, 1.82) is 0 Å². The molecular formula is C9H10N2O4S2. The lowest BCUT2D eigenvalue weighted by atomic mass is 10.2. The van der Waals surface area contributed by atoms with Crippen molar-refractivity contribution in [2.45, 2.75) is 13.8 Å². The molecule has 1 aromatic rings. The van der Waals surface area contributed by atoms with Crippen LogP contribution in [0, 0.1) is 13.5 Å². The van der Waals surface area contributed by atoms with E-state index >= 15 is 0 Å². The van der Waals surface area contributed by atoms with E-state index in [1.165, 1.54) is 11.3 Å². The standard InChI is InChI=1S/C9H10N2OS.O3S/c1-4-11-8(12)7-5-13-9(10-3)6(7)2;1-4(2)3/h5H,4H2,1-2H3,(H,11,12);. The van der Waals surface area contributed by atoms with E-state index in [4.69, 9.17) is 19.2 Å². The highest BCUT2D eigenvalue weighted by atomic mass is 32.2. The normalized spacial score (nSPS) is 8.53. The Bertz CT molecular complexity index is 532. The quantitative estimate of drug-likeness (QED) is 0.825. The first-order valence-electron chi connectivity index (χ1n) is 4.44. The van der Waals surface area contributed by atoms with Crippen LogP contribution in [0.2, 0.25) is 0 Å². The highest BCUT2D eigenvalue weighted by Gasteiger charge is 2.12. The first kappa shape index (κ1) is 15.3. The lowest BCUT2D eigenvalue weighted by Gasteiger charge is -2.00. The average molecular weight is 274 g/mol. The lowest BCUT2D eigenvalue weighted by molar-refractivity contribution is 0.0955. The van der Waals surface area contributed by atoms with Gasteiger partial charge in [0.25, 0.3) is 5.91 Å². The summed E-state index contributed by atoms with van der Waals surface area (Å²) >= 11 is 1.32. The summed E-state index contributed by atoms with van der Waals surface area (Å²) in [6.07, 6.45) is 0. The van der Waals surface area contributed by atoms with Crippen LogP contribution < -0.4 is 5.32 Å². The molecule has 1 N–H and O–H groups in total. The number of carbonyl (C=O) groups is 1. The Kier molecular flexibility index (Phi) is 6.77. The van der Waals surface area contributed by atoms with Crippen LogP contribution in [0.5, 0.6) is 0 Å². The van der Waals surface area contributed by atoms with Crippen LogP contribution in [0.4, 0.5) is 5.00 Å². The first-order valence-corrected chi connectivity index (χ1v) is 6.32. The highest BCUT2D eigenvalue weighted by molar-refractivity contribution is 7.59. The number of amides is 1. The third-order valence-electron chi connectivity index (χ3n) is 1.70.